The summed E-state index contributed by atoms with van der Waals surface area (Å²) in [6, 6.07) is 0. The van der Waals surface area contributed by atoms with E-state index in [0.717, 1.165) is 24.8 Å². The van der Waals surface area contributed by atoms with Crippen LogP contribution in [0.1, 0.15) is 85.5 Å². The van der Waals surface area contributed by atoms with Crippen molar-refractivity contribution in [2.45, 2.75) is 103 Å². The van der Waals surface area contributed by atoms with E-state index in [1.54, 1.807) is 5.57 Å². The van der Waals surface area contributed by atoms with Crippen LogP contribution in [0, 0.1) is 17.3 Å². The highest BCUT2D eigenvalue weighted by molar-refractivity contribution is 5.37. The van der Waals surface area contributed by atoms with Crippen molar-refractivity contribution in [3.05, 3.63) is 35.5 Å². The summed E-state index contributed by atoms with van der Waals surface area (Å²) >= 11 is 0. The van der Waals surface area contributed by atoms with E-state index in [1.807, 2.05) is 13.8 Å². The molecule has 3 aliphatic rings. The standard InChI is InChI=1S/C26H42O3/c1-18-20(8-6-10-24(18)27)11-12-21-9-7-15-26(5)22(13-14-23(21)26)19(2)29-17-16-25(3,4)28/h11-12,19,22-24,27-28H,1,6-10,13-17H2,2-5H3/b20-11-,21-12+/t19-,22?,23?,24-,26+/m0/s1. The fourth-order valence-electron chi connectivity index (χ4n) is 6.09. The molecule has 0 heterocycles. The lowest BCUT2D eigenvalue weighted by Gasteiger charge is -2.44. The van der Waals surface area contributed by atoms with E-state index in [4.69, 9.17) is 4.74 Å². The van der Waals surface area contributed by atoms with Crippen molar-refractivity contribution in [1.29, 1.82) is 0 Å². The van der Waals surface area contributed by atoms with Crippen LogP contribution < -0.4 is 0 Å². The second-order valence-electron chi connectivity index (χ2n) is 10.6. The van der Waals surface area contributed by atoms with Crippen molar-refractivity contribution in [3.63, 3.8) is 0 Å². The SMILES string of the molecule is C=C1/C(=C\C=C2/CCC[C@@]3(C)C2CCC3[C@H](C)OCCC(C)(C)O)CCC[C@@H]1O. The molecule has 3 saturated carbocycles. The third-order valence-corrected chi connectivity index (χ3v) is 7.94. The Labute approximate surface area is 177 Å². The first-order valence-electron chi connectivity index (χ1n) is 11.7. The predicted molar refractivity (Wildman–Crippen MR) is 120 cm³/mol. The van der Waals surface area contributed by atoms with Crippen LogP contribution in [0.15, 0.2) is 35.5 Å². The van der Waals surface area contributed by atoms with E-state index in [2.05, 4.69) is 32.6 Å². The Kier molecular flexibility index (Phi) is 7.13. The van der Waals surface area contributed by atoms with Crippen LogP contribution in [-0.4, -0.2) is 34.6 Å². The Morgan fingerprint density at radius 2 is 1.97 bits per heavy atom. The Bertz CT molecular complexity index is 653. The number of ether oxygens (including phenoxy) is 1. The van der Waals surface area contributed by atoms with Gasteiger partial charge in [0.25, 0.3) is 0 Å². The fraction of sp³-hybridized carbons (Fsp3) is 0.769. The van der Waals surface area contributed by atoms with Crippen LogP contribution in [0.4, 0.5) is 0 Å². The first-order valence-corrected chi connectivity index (χ1v) is 11.7. The maximum Gasteiger partial charge on any atom is 0.0787 e. The maximum atomic E-state index is 10.1. The van der Waals surface area contributed by atoms with Crippen LogP contribution in [-0.2, 0) is 4.74 Å². The molecule has 0 saturated heterocycles. The lowest BCUT2D eigenvalue weighted by atomic mass is 9.62. The summed E-state index contributed by atoms with van der Waals surface area (Å²) in [5, 5.41) is 20.1. The molecule has 2 N–H and O–H groups in total. The zero-order valence-electron chi connectivity index (χ0n) is 19.0. The Morgan fingerprint density at radius 1 is 1.21 bits per heavy atom. The molecule has 3 fully saturated rings. The molecular weight excluding hydrogens is 360 g/mol. The summed E-state index contributed by atoms with van der Waals surface area (Å²) in [7, 11) is 0. The highest BCUT2D eigenvalue weighted by atomic mass is 16.5. The van der Waals surface area contributed by atoms with Gasteiger partial charge in [-0.3, -0.25) is 0 Å². The third-order valence-electron chi connectivity index (χ3n) is 7.94. The molecule has 3 heteroatoms. The molecule has 0 aromatic heterocycles. The number of allylic oxidation sites excluding steroid dienone is 3. The van der Waals surface area contributed by atoms with Gasteiger partial charge in [0.05, 0.1) is 17.8 Å². The molecule has 3 rings (SSSR count). The van der Waals surface area contributed by atoms with Gasteiger partial charge in [0.1, 0.15) is 0 Å². The number of hydrogen-bond acceptors (Lipinski definition) is 3. The van der Waals surface area contributed by atoms with Crippen LogP contribution >= 0.6 is 0 Å². The van der Waals surface area contributed by atoms with Crippen molar-refractivity contribution in [2.24, 2.45) is 17.3 Å². The summed E-state index contributed by atoms with van der Waals surface area (Å²) in [6.07, 6.45) is 14.3. The largest absolute Gasteiger partial charge is 0.390 e. The van der Waals surface area contributed by atoms with E-state index in [-0.39, 0.29) is 12.2 Å². The summed E-state index contributed by atoms with van der Waals surface area (Å²) in [6.45, 7) is 13.2. The van der Waals surface area contributed by atoms with Crippen molar-refractivity contribution < 1.29 is 14.9 Å². The lowest BCUT2D eigenvalue weighted by molar-refractivity contribution is -0.0454. The molecule has 0 bridgehead atoms. The summed E-state index contributed by atoms with van der Waals surface area (Å²) in [5.74, 6) is 1.22. The Morgan fingerprint density at radius 3 is 2.69 bits per heavy atom. The molecule has 0 aliphatic heterocycles. The first-order chi connectivity index (χ1) is 13.6. The molecule has 3 aliphatic carbocycles. The van der Waals surface area contributed by atoms with Gasteiger partial charge < -0.3 is 14.9 Å². The number of aliphatic hydroxyl groups is 2. The minimum absolute atomic E-state index is 0.235. The highest BCUT2D eigenvalue weighted by Crippen LogP contribution is 2.58. The molecule has 164 valence electrons. The predicted octanol–water partition coefficient (Wildman–Crippen LogP) is 5.72. The van der Waals surface area contributed by atoms with Crippen LogP contribution in [0.25, 0.3) is 0 Å². The minimum Gasteiger partial charge on any atom is -0.390 e. The zero-order chi connectivity index (χ0) is 21.2. The van der Waals surface area contributed by atoms with Gasteiger partial charge in [-0.05, 0) is 107 Å². The monoisotopic (exact) mass is 402 g/mol. The first kappa shape index (κ1) is 22.8. The van der Waals surface area contributed by atoms with Gasteiger partial charge in [-0.15, -0.1) is 0 Å². The lowest BCUT2D eigenvalue weighted by Crippen LogP contribution is -2.39. The maximum absolute atomic E-state index is 10.1. The van der Waals surface area contributed by atoms with Crippen molar-refractivity contribution >= 4 is 0 Å². The molecule has 0 radical (unpaired) electrons. The van der Waals surface area contributed by atoms with Gasteiger partial charge in [-0.1, -0.05) is 31.2 Å². The fourth-order valence-corrected chi connectivity index (χ4v) is 6.09. The van der Waals surface area contributed by atoms with Gasteiger partial charge in [0, 0.05) is 6.61 Å². The van der Waals surface area contributed by atoms with E-state index in [0.29, 0.717) is 30.3 Å². The van der Waals surface area contributed by atoms with Gasteiger partial charge >= 0.3 is 0 Å². The normalized spacial score (nSPS) is 37.2. The van der Waals surface area contributed by atoms with E-state index >= 15 is 0 Å². The van der Waals surface area contributed by atoms with Crippen molar-refractivity contribution in [2.75, 3.05) is 6.61 Å². The number of fused-ring (bicyclic) bond motifs is 1. The van der Waals surface area contributed by atoms with E-state index in [9.17, 15) is 10.2 Å². The molecular formula is C26H42O3. The third kappa shape index (κ3) is 5.24. The quantitative estimate of drug-likeness (QED) is 0.597. The topological polar surface area (TPSA) is 49.7 Å². The Hall–Kier alpha value is -0.900. The summed E-state index contributed by atoms with van der Waals surface area (Å²) < 4.78 is 6.20. The van der Waals surface area contributed by atoms with Gasteiger partial charge in [-0.2, -0.15) is 0 Å². The Balaban J connectivity index is 1.68. The number of rotatable bonds is 6. The second-order valence-corrected chi connectivity index (χ2v) is 10.6. The summed E-state index contributed by atoms with van der Waals surface area (Å²) in [5.41, 5.74) is 3.39. The average Bonchev–Trinajstić information content (AvgIpc) is 2.99. The van der Waals surface area contributed by atoms with Crippen molar-refractivity contribution in [3.8, 4) is 0 Å². The van der Waals surface area contributed by atoms with Crippen LogP contribution in [0.3, 0.4) is 0 Å². The van der Waals surface area contributed by atoms with Crippen LogP contribution in [0.2, 0.25) is 0 Å². The molecule has 3 nitrogen and oxygen atoms in total. The number of hydrogen-bond donors (Lipinski definition) is 2. The summed E-state index contributed by atoms with van der Waals surface area (Å²) in [4.78, 5) is 0. The van der Waals surface area contributed by atoms with Crippen LogP contribution in [0.5, 0.6) is 0 Å². The molecule has 2 unspecified atom stereocenters. The van der Waals surface area contributed by atoms with Crippen molar-refractivity contribution in [1.82, 2.24) is 0 Å². The van der Waals surface area contributed by atoms with Gasteiger partial charge in [0.15, 0.2) is 0 Å². The number of aliphatic hydroxyl groups excluding tert-OH is 1. The highest BCUT2D eigenvalue weighted by Gasteiger charge is 2.51. The zero-order valence-corrected chi connectivity index (χ0v) is 19.0. The molecule has 0 spiro atoms. The molecule has 5 atom stereocenters. The van der Waals surface area contributed by atoms with Gasteiger partial charge in [0.2, 0.25) is 0 Å². The average molecular weight is 403 g/mol. The molecule has 0 amide bonds. The van der Waals surface area contributed by atoms with E-state index in [1.165, 1.54) is 37.7 Å². The van der Waals surface area contributed by atoms with Gasteiger partial charge in [-0.25, -0.2) is 0 Å². The molecule has 29 heavy (non-hydrogen) atoms. The minimum atomic E-state index is -0.660. The second kappa shape index (κ2) is 9.08. The smallest absolute Gasteiger partial charge is 0.0787 e. The molecule has 0 aromatic rings. The van der Waals surface area contributed by atoms with E-state index < -0.39 is 5.60 Å². The molecule has 0 aromatic carbocycles.